The van der Waals surface area contributed by atoms with Crippen molar-refractivity contribution < 1.29 is 12.4 Å². The van der Waals surface area contributed by atoms with Crippen LogP contribution in [0, 0.1) is 41.5 Å². The lowest BCUT2D eigenvalue weighted by atomic mass is 10.0. The van der Waals surface area contributed by atoms with Crippen LogP contribution in [0.2, 0.25) is 0 Å². The van der Waals surface area contributed by atoms with Crippen LogP contribution in [0.5, 0.6) is 0 Å². The molecule has 128 valence electrons. The molecule has 0 spiro atoms. The molecule has 2 aromatic rings. The van der Waals surface area contributed by atoms with Gasteiger partial charge in [-0.3, -0.25) is 0 Å². The van der Waals surface area contributed by atoms with Crippen LogP contribution in [0.4, 0.5) is 11.4 Å². The number of hydrogen-bond donors (Lipinski definition) is 0. The van der Waals surface area contributed by atoms with Crippen LogP contribution >= 0.6 is 0 Å². The van der Waals surface area contributed by atoms with Crippen LogP contribution in [0.15, 0.2) is 36.7 Å². The quantitative estimate of drug-likeness (QED) is 0.827. The molecule has 3 heteroatoms. The van der Waals surface area contributed by atoms with Gasteiger partial charge in [-0.05, 0) is 63.8 Å². The third kappa shape index (κ3) is 3.29. The molecule has 0 amide bonds. The molecule has 1 aliphatic heterocycles. The molecule has 0 N–H and O–H groups in total. The molecule has 0 aromatic heterocycles. The van der Waals surface area contributed by atoms with Crippen LogP contribution in [0.25, 0.3) is 0 Å². The maximum absolute atomic E-state index is 2.35. The zero-order chi connectivity index (χ0) is 16.7. The molecule has 2 nitrogen and oxygen atoms in total. The predicted octanol–water partition coefficient (Wildman–Crippen LogP) is 2.30. The second-order valence-electron chi connectivity index (χ2n) is 6.87. The van der Waals surface area contributed by atoms with Crippen molar-refractivity contribution in [3.63, 3.8) is 0 Å². The summed E-state index contributed by atoms with van der Waals surface area (Å²) in [5, 5.41) is 0. The molecule has 0 fully saturated rings. The number of rotatable bonds is 2. The van der Waals surface area contributed by atoms with E-state index in [9.17, 15) is 0 Å². The molecule has 2 aromatic carbocycles. The lowest BCUT2D eigenvalue weighted by Crippen LogP contribution is -3.00. The molecular weight excluding hydrogens is 316 g/mol. The summed E-state index contributed by atoms with van der Waals surface area (Å²) in [7, 11) is 0. The Morgan fingerprint density at radius 1 is 0.583 bits per heavy atom. The van der Waals surface area contributed by atoms with E-state index in [2.05, 4.69) is 88.0 Å². The Bertz CT molecular complexity index is 681. The van der Waals surface area contributed by atoms with Gasteiger partial charge in [0, 0.05) is 23.8 Å². The lowest BCUT2D eigenvalue weighted by Gasteiger charge is -2.27. The summed E-state index contributed by atoms with van der Waals surface area (Å²) < 4.78 is 0. The summed E-state index contributed by atoms with van der Waals surface area (Å²) in [6.07, 6.45) is 4.40. The molecule has 1 aliphatic rings. The molecule has 1 heterocycles. The molecule has 3 rings (SSSR count). The van der Waals surface area contributed by atoms with Crippen LogP contribution in [0.1, 0.15) is 33.4 Å². The van der Waals surface area contributed by atoms with Crippen molar-refractivity contribution in [3.8, 4) is 0 Å². The van der Waals surface area contributed by atoms with Crippen molar-refractivity contribution in [2.24, 2.45) is 0 Å². The van der Waals surface area contributed by atoms with Gasteiger partial charge in [0.05, 0.1) is 6.67 Å². The van der Waals surface area contributed by atoms with E-state index in [1.165, 1.54) is 44.8 Å². The highest BCUT2D eigenvalue weighted by atomic mass is 35.5. The maximum atomic E-state index is 2.35. The fourth-order valence-corrected chi connectivity index (χ4v) is 3.96. The Labute approximate surface area is 152 Å². The smallest absolute Gasteiger partial charge is 0.0989 e. The third-order valence-corrected chi connectivity index (χ3v) is 4.58. The Balaban J connectivity index is 0.00000208. The number of nitrogens with zero attached hydrogens (tertiary/aromatic N) is 2. The first-order valence-corrected chi connectivity index (χ1v) is 8.24. The Morgan fingerprint density at radius 2 is 0.875 bits per heavy atom. The van der Waals surface area contributed by atoms with E-state index in [1.54, 1.807) is 0 Å². The van der Waals surface area contributed by atoms with Gasteiger partial charge in [0.25, 0.3) is 0 Å². The zero-order valence-electron chi connectivity index (χ0n) is 15.4. The van der Waals surface area contributed by atoms with E-state index in [-0.39, 0.29) is 12.4 Å². The Hall–Kier alpha value is -1.93. The van der Waals surface area contributed by atoms with Crippen molar-refractivity contribution in [3.05, 3.63) is 70.0 Å². The summed E-state index contributed by atoms with van der Waals surface area (Å²) in [6.45, 7) is 14.0. The molecular formula is C21H26ClN2-. The van der Waals surface area contributed by atoms with E-state index in [0.29, 0.717) is 0 Å². The largest absolute Gasteiger partial charge is 1.00 e. The molecule has 0 saturated heterocycles. The van der Waals surface area contributed by atoms with E-state index in [1.807, 2.05) is 0 Å². The molecule has 24 heavy (non-hydrogen) atoms. The minimum atomic E-state index is 0. The summed E-state index contributed by atoms with van der Waals surface area (Å²) in [5.41, 5.74) is 10.7. The molecule has 0 atom stereocenters. The first kappa shape index (κ1) is 18.4. The van der Waals surface area contributed by atoms with Crippen molar-refractivity contribution in [2.45, 2.75) is 41.5 Å². The highest BCUT2D eigenvalue weighted by molar-refractivity contribution is 5.69. The van der Waals surface area contributed by atoms with Gasteiger partial charge >= 0.3 is 0 Å². The molecule has 0 aliphatic carbocycles. The van der Waals surface area contributed by atoms with Gasteiger partial charge < -0.3 is 22.2 Å². The van der Waals surface area contributed by atoms with E-state index in [0.717, 1.165) is 6.67 Å². The fraction of sp³-hybridized carbons (Fsp3) is 0.333. The van der Waals surface area contributed by atoms with Crippen LogP contribution in [0.3, 0.4) is 0 Å². The van der Waals surface area contributed by atoms with Gasteiger partial charge in [-0.25, -0.2) is 0 Å². The van der Waals surface area contributed by atoms with E-state index < -0.39 is 0 Å². The van der Waals surface area contributed by atoms with Crippen LogP contribution in [-0.4, -0.2) is 6.67 Å². The topological polar surface area (TPSA) is 6.48 Å². The minimum Gasteiger partial charge on any atom is -1.00 e. The summed E-state index contributed by atoms with van der Waals surface area (Å²) in [6, 6.07) is 9.06. The number of halogens is 1. The Kier molecular flexibility index (Phi) is 5.29. The van der Waals surface area contributed by atoms with Crippen molar-refractivity contribution >= 4 is 11.4 Å². The van der Waals surface area contributed by atoms with Gasteiger partial charge in [-0.15, -0.1) is 0 Å². The maximum Gasteiger partial charge on any atom is 0.0989 e. The number of hydrogen-bond acceptors (Lipinski definition) is 2. The molecule has 0 saturated carbocycles. The van der Waals surface area contributed by atoms with Crippen molar-refractivity contribution in [1.29, 1.82) is 0 Å². The number of benzene rings is 2. The van der Waals surface area contributed by atoms with Crippen LogP contribution in [-0.2, 0) is 0 Å². The standard InChI is InChI=1S/C21H26N2.ClH/c1-14-9-16(3)20(17(4)10-14)22-7-8-23(13-22)21-18(5)11-15(2)12-19(21)6;/h7-12H,13H2,1-6H3;1H/p-1. The average molecular weight is 342 g/mol. The van der Waals surface area contributed by atoms with Gasteiger partial charge in [0.2, 0.25) is 0 Å². The monoisotopic (exact) mass is 341 g/mol. The second kappa shape index (κ2) is 6.90. The Morgan fingerprint density at radius 3 is 1.17 bits per heavy atom. The lowest BCUT2D eigenvalue weighted by molar-refractivity contribution is -0.00000502. The van der Waals surface area contributed by atoms with E-state index >= 15 is 0 Å². The second-order valence-corrected chi connectivity index (χ2v) is 6.87. The first-order valence-electron chi connectivity index (χ1n) is 8.24. The van der Waals surface area contributed by atoms with Gasteiger partial charge in [0.15, 0.2) is 0 Å². The summed E-state index contributed by atoms with van der Waals surface area (Å²) in [4.78, 5) is 4.70. The summed E-state index contributed by atoms with van der Waals surface area (Å²) >= 11 is 0. The van der Waals surface area contributed by atoms with Gasteiger partial charge in [-0.1, -0.05) is 35.4 Å². The summed E-state index contributed by atoms with van der Waals surface area (Å²) in [5.74, 6) is 0. The number of aryl methyl sites for hydroxylation is 6. The van der Waals surface area contributed by atoms with Crippen LogP contribution < -0.4 is 22.2 Å². The highest BCUT2D eigenvalue weighted by Crippen LogP contribution is 2.33. The molecule has 0 radical (unpaired) electrons. The van der Waals surface area contributed by atoms with Crippen molar-refractivity contribution in [1.82, 2.24) is 0 Å². The van der Waals surface area contributed by atoms with E-state index in [4.69, 9.17) is 0 Å². The minimum absolute atomic E-state index is 0. The zero-order valence-corrected chi connectivity index (χ0v) is 16.2. The van der Waals surface area contributed by atoms with Gasteiger partial charge in [-0.2, -0.15) is 0 Å². The van der Waals surface area contributed by atoms with Crippen molar-refractivity contribution in [2.75, 3.05) is 16.5 Å². The predicted molar refractivity (Wildman–Crippen MR) is 100 cm³/mol. The molecule has 0 bridgehead atoms. The average Bonchev–Trinajstić information content (AvgIpc) is 2.85. The van der Waals surface area contributed by atoms with Gasteiger partial charge in [0.1, 0.15) is 0 Å². The number of anilines is 2. The SMILES string of the molecule is Cc1cc(C)c(N2C=CN(c3c(C)cc(C)cc3C)C2)c(C)c1.[Cl-]. The first-order chi connectivity index (χ1) is 10.9. The molecule has 0 unspecified atom stereocenters. The fourth-order valence-electron chi connectivity index (χ4n) is 3.96. The highest BCUT2D eigenvalue weighted by Gasteiger charge is 2.21. The normalized spacial score (nSPS) is 13.4. The third-order valence-electron chi connectivity index (χ3n) is 4.58.